The van der Waals surface area contributed by atoms with Gasteiger partial charge in [-0.1, -0.05) is 11.6 Å². The fraction of sp³-hybridized carbons (Fsp3) is 0.333. The van der Waals surface area contributed by atoms with Gasteiger partial charge in [-0.3, -0.25) is 0 Å². The van der Waals surface area contributed by atoms with Gasteiger partial charge in [0.2, 0.25) is 0 Å². The van der Waals surface area contributed by atoms with Gasteiger partial charge in [0.05, 0.1) is 24.5 Å². The van der Waals surface area contributed by atoms with Gasteiger partial charge in [-0.05, 0) is 18.1 Å². The van der Waals surface area contributed by atoms with Crippen LogP contribution in [0.4, 0.5) is 0 Å². The number of hydrogen-bond donors (Lipinski definition) is 1. The summed E-state index contributed by atoms with van der Waals surface area (Å²) in [6.45, 7) is 1.02. The highest BCUT2D eigenvalue weighted by molar-refractivity contribution is 6.32. The smallest absolute Gasteiger partial charge is 0.338 e. The minimum Gasteiger partial charge on any atom is -0.478 e. The van der Waals surface area contributed by atoms with E-state index >= 15 is 0 Å². The summed E-state index contributed by atoms with van der Waals surface area (Å²) in [5.74, 6) is -1.04. The van der Waals surface area contributed by atoms with E-state index in [0.717, 1.165) is 11.3 Å². The number of fused-ring (bicyclic) bond motifs is 1. The van der Waals surface area contributed by atoms with Gasteiger partial charge in [-0.2, -0.15) is 0 Å². The first kappa shape index (κ1) is 9.43. The van der Waals surface area contributed by atoms with E-state index in [4.69, 9.17) is 21.4 Å². The molecule has 0 aromatic carbocycles. The van der Waals surface area contributed by atoms with Crippen LogP contribution in [0, 0.1) is 0 Å². The number of rotatable bonds is 1. The summed E-state index contributed by atoms with van der Waals surface area (Å²) in [5, 5.41) is 8.84. The Kier molecular flexibility index (Phi) is 2.39. The molecule has 0 atom stereocenters. The number of nitrogens with zero attached hydrogens (tertiary/aromatic N) is 1. The molecule has 0 bridgehead atoms. The predicted octanol–water partition coefficient (Wildman–Crippen LogP) is 1.51. The highest BCUT2D eigenvalue weighted by Crippen LogP contribution is 2.21. The van der Waals surface area contributed by atoms with Crippen molar-refractivity contribution in [2.75, 3.05) is 6.61 Å². The number of carboxylic acid groups (broad SMARTS) is 1. The van der Waals surface area contributed by atoms with E-state index in [1.165, 1.54) is 0 Å². The molecular weight excluding hydrogens is 206 g/mol. The maximum absolute atomic E-state index is 10.8. The lowest BCUT2D eigenvalue weighted by Crippen LogP contribution is -2.14. The molecule has 14 heavy (non-hydrogen) atoms. The quantitative estimate of drug-likeness (QED) is 0.719. The van der Waals surface area contributed by atoms with Crippen LogP contribution in [0.1, 0.15) is 21.6 Å². The summed E-state index contributed by atoms with van der Waals surface area (Å²) < 4.78 is 5.18. The number of carbonyl (C=O) groups is 1. The third-order valence-electron chi connectivity index (χ3n) is 2.13. The lowest BCUT2D eigenvalue weighted by atomic mass is 10.1. The molecule has 1 aromatic rings. The minimum absolute atomic E-state index is 0.0294. The Hall–Kier alpha value is -1.13. The van der Waals surface area contributed by atoms with E-state index in [-0.39, 0.29) is 10.7 Å². The SMILES string of the molecule is O=C(O)c1cc2c(nc1Cl)COCC2. The van der Waals surface area contributed by atoms with Crippen molar-refractivity contribution in [2.45, 2.75) is 13.0 Å². The minimum atomic E-state index is -1.04. The third-order valence-corrected chi connectivity index (χ3v) is 2.42. The number of halogens is 1. The van der Waals surface area contributed by atoms with E-state index in [0.29, 0.717) is 19.6 Å². The fourth-order valence-corrected chi connectivity index (χ4v) is 1.65. The van der Waals surface area contributed by atoms with Crippen LogP contribution in [0.15, 0.2) is 6.07 Å². The van der Waals surface area contributed by atoms with Crippen molar-refractivity contribution in [2.24, 2.45) is 0 Å². The second-order valence-electron chi connectivity index (χ2n) is 3.04. The Labute approximate surface area is 85.5 Å². The zero-order chi connectivity index (χ0) is 10.1. The third kappa shape index (κ3) is 1.58. The van der Waals surface area contributed by atoms with Crippen molar-refractivity contribution in [1.82, 2.24) is 4.98 Å². The number of pyridine rings is 1. The molecule has 1 N–H and O–H groups in total. The molecule has 4 nitrogen and oxygen atoms in total. The van der Waals surface area contributed by atoms with Crippen molar-refractivity contribution >= 4 is 17.6 Å². The average molecular weight is 214 g/mol. The molecule has 5 heteroatoms. The Morgan fingerprint density at radius 1 is 1.64 bits per heavy atom. The average Bonchev–Trinajstić information content (AvgIpc) is 2.16. The van der Waals surface area contributed by atoms with Gasteiger partial charge in [0, 0.05) is 0 Å². The molecule has 1 aliphatic rings. The highest BCUT2D eigenvalue weighted by atomic mass is 35.5. The van der Waals surface area contributed by atoms with Gasteiger partial charge in [0.1, 0.15) is 5.15 Å². The monoisotopic (exact) mass is 213 g/mol. The Bertz CT molecular complexity index is 392. The van der Waals surface area contributed by atoms with E-state index in [2.05, 4.69) is 4.98 Å². The molecule has 0 fully saturated rings. The van der Waals surface area contributed by atoms with Gasteiger partial charge >= 0.3 is 5.97 Å². The summed E-state index contributed by atoms with van der Waals surface area (Å²) in [4.78, 5) is 14.7. The van der Waals surface area contributed by atoms with Gasteiger partial charge < -0.3 is 9.84 Å². The number of aromatic nitrogens is 1. The summed E-state index contributed by atoms with van der Waals surface area (Å²) in [6.07, 6.45) is 0.694. The standard InChI is InChI=1S/C9H8ClNO3/c10-8-6(9(12)13)3-5-1-2-14-4-7(5)11-8/h3H,1-2,4H2,(H,12,13). The molecule has 74 valence electrons. The van der Waals surface area contributed by atoms with Crippen LogP contribution in [0.3, 0.4) is 0 Å². The van der Waals surface area contributed by atoms with Gasteiger partial charge in [0.15, 0.2) is 0 Å². The lowest BCUT2D eigenvalue weighted by Gasteiger charge is -2.16. The molecule has 0 unspecified atom stereocenters. The second-order valence-corrected chi connectivity index (χ2v) is 3.40. The summed E-state index contributed by atoms with van der Waals surface area (Å²) in [7, 11) is 0. The largest absolute Gasteiger partial charge is 0.478 e. The molecule has 1 aromatic heterocycles. The number of aromatic carboxylic acids is 1. The van der Waals surface area contributed by atoms with Crippen molar-refractivity contribution in [3.8, 4) is 0 Å². The number of ether oxygens (including phenoxy) is 1. The molecule has 1 aliphatic heterocycles. The molecular formula is C9H8ClNO3. The molecule has 2 heterocycles. The van der Waals surface area contributed by atoms with Crippen molar-refractivity contribution in [3.63, 3.8) is 0 Å². The first-order chi connectivity index (χ1) is 6.68. The molecule has 0 spiro atoms. The first-order valence-corrected chi connectivity index (χ1v) is 4.55. The lowest BCUT2D eigenvalue weighted by molar-refractivity contribution is 0.0695. The van der Waals surface area contributed by atoms with Crippen molar-refractivity contribution < 1.29 is 14.6 Å². The van der Waals surface area contributed by atoms with Crippen molar-refractivity contribution in [3.05, 3.63) is 28.0 Å². The van der Waals surface area contributed by atoms with Crippen LogP contribution in [-0.4, -0.2) is 22.7 Å². The summed E-state index contributed by atoms with van der Waals surface area (Å²) >= 11 is 5.71. The van der Waals surface area contributed by atoms with E-state index in [1.54, 1.807) is 6.07 Å². The van der Waals surface area contributed by atoms with Crippen LogP contribution in [-0.2, 0) is 17.8 Å². The predicted molar refractivity (Wildman–Crippen MR) is 49.6 cm³/mol. The fourth-order valence-electron chi connectivity index (χ4n) is 1.41. The zero-order valence-electron chi connectivity index (χ0n) is 7.29. The van der Waals surface area contributed by atoms with Gasteiger partial charge in [-0.25, -0.2) is 9.78 Å². The molecule has 0 radical (unpaired) electrons. The second kappa shape index (κ2) is 3.55. The summed E-state index contributed by atoms with van der Waals surface area (Å²) in [6, 6.07) is 1.58. The Balaban J connectivity index is 2.50. The van der Waals surface area contributed by atoms with Crippen LogP contribution in [0.2, 0.25) is 5.15 Å². The Morgan fingerprint density at radius 3 is 3.14 bits per heavy atom. The first-order valence-electron chi connectivity index (χ1n) is 4.18. The molecule has 0 aliphatic carbocycles. The van der Waals surface area contributed by atoms with E-state index in [9.17, 15) is 4.79 Å². The summed E-state index contributed by atoms with van der Waals surface area (Å²) in [5.41, 5.74) is 1.72. The molecule has 0 saturated carbocycles. The van der Waals surface area contributed by atoms with E-state index in [1.807, 2.05) is 0 Å². The zero-order valence-corrected chi connectivity index (χ0v) is 8.04. The van der Waals surface area contributed by atoms with E-state index < -0.39 is 5.97 Å². The molecule has 2 rings (SSSR count). The molecule has 0 amide bonds. The molecule has 0 saturated heterocycles. The number of hydrogen-bond acceptors (Lipinski definition) is 3. The van der Waals surface area contributed by atoms with Crippen LogP contribution < -0.4 is 0 Å². The normalized spacial score (nSPS) is 14.9. The number of carboxylic acids is 1. The van der Waals surface area contributed by atoms with Crippen LogP contribution in [0.5, 0.6) is 0 Å². The Morgan fingerprint density at radius 2 is 2.43 bits per heavy atom. The van der Waals surface area contributed by atoms with Crippen LogP contribution >= 0.6 is 11.6 Å². The van der Waals surface area contributed by atoms with Crippen molar-refractivity contribution in [1.29, 1.82) is 0 Å². The topological polar surface area (TPSA) is 59.4 Å². The van der Waals surface area contributed by atoms with Gasteiger partial charge in [-0.15, -0.1) is 0 Å². The van der Waals surface area contributed by atoms with Crippen LogP contribution in [0.25, 0.3) is 0 Å². The highest BCUT2D eigenvalue weighted by Gasteiger charge is 2.17. The maximum atomic E-state index is 10.8. The maximum Gasteiger partial charge on any atom is 0.338 e. The van der Waals surface area contributed by atoms with Gasteiger partial charge in [0.25, 0.3) is 0 Å².